The van der Waals surface area contributed by atoms with Crippen molar-refractivity contribution in [1.82, 2.24) is 15.0 Å². The average Bonchev–Trinajstić information content (AvgIpc) is 2.85. The Morgan fingerprint density at radius 3 is 2.68 bits per heavy atom. The number of hydrogen-bond donors (Lipinski definition) is 3. The van der Waals surface area contributed by atoms with Crippen molar-refractivity contribution in [3.05, 3.63) is 90.0 Å². The van der Waals surface area contributed by atoms with Gasteiger partial charge in [0.15, 0.2) is 0 Å². The lowest BCUT2D eigenvalue weighted by molar-refractivity contribution is 0.102. The second-order valence-corrected chi connectivity index (χ2v) is 7.88. The number of nitrogens with one attached hydrogen (secondary N) is 2. The fourth-order valence-corrected chi connectivity index (χ4v) is 3.44. The summed E-state index contributed by atoms with van der Waals surface area (Å²) in [6.07, 6.45) is 4.93. The average molecular weight is 455 g/mol. The van der Waals surface area contributed by atoms with Crippen LogP contribution in [0.4, 0.5) is 17.2 Å². The minimum Gasteiger partial charge on any atom is -0.495 e. The molecule has 4 rings (SSSR count). The molecule has 1 atom stereocenters. The van der Waals surface area contributed by atoms with E-state index in [0.717, 1.165) is 16.8 Å². The van der Waals surface area contributed by atoms with E-state index in [0.29, 0.717) is 34.2 Å². The van der Waals surface area contributed by atoms with Gasteiger partial charge >= 0.3 is 0 Å². The molecule has 2 aromatic heterocycles. The van der Waals surface area contributed by atoms with E-state index in [-0.39, 0.29) is 11.9 Å². The second kappa shape index (κ2) is 9.99. The molecule has 1 amide bonds. The van der Waals surface area contributed by atoms with Gasteiger partial charge in [-0.2, -0.15) is 0 Å². The Morgan fingerprint density at radius 1 is 1.06 bits per heavy atom. The van der Waals surface area contributed by atoms with Gasteiger partial charge in [0.2, 0.25) is 0 Å². The summed E-state index contributed by atoms with van der Waals surface area (Å²) < 4.78 is 5.31. The van der Waals surface area contributed by atoms with Crippen LogP contribution in [0.5, 0.6) is 5.75 Å². The van der Waals surface area contributed by atoms with Crippen LogP contribution in [0.15, 0.2) is 73.2 Å². The first kappa shape index (κ1) is 22.7. The minimum absolute atomic E-state index is 0.0802. The van der Waals surface area contributed by atoms with Crippen LogP contribution in [0.1, 0.15) is 34.6 Å². The Labute approximate surface area is 198 Å². The molecule has 0 bridgehead atoms. The number of anilines is 3. The van der Waals surface area contributed by atoms with Gasteiger partial charge < -0.3 is 21.1 Å². The molecular formula is C26H26N6O2. The summed E-state index contributed by atoms with van der Waals surface area (Å²) in [5.41, 5.74) is 11.1. The first-order valence-electron chi connectivity index (χ1n) is 10.8. The summed E-state index contributed by atoms with van der Waals surface area (Å²) in [5, 5.41) is 6.30. The Balaban J connectivity index is 1.48. The molecule has 34 heavy (non-hydrogen) atoms. The van der Waals surface area contributed by atoms with Crippen molar-refractivity contribution in [3.63, 3.8) is 0 Å². The number of nitrogens with two attached hydrogens (primary N) is 1. The highest BCUT2D eigenvalue weighted by atomic mass is 16.5. The quantitative estimate of drug-likeness (QED) is 0.342. The number of aryl methyl sites for hydroxylation is 1. The molecule has 8 heteroatoms. The first-order valence-corrected chi connectivity index (χ1v) is 10.8. The van der Waals surface area contributed by atoms with E-state index < -0.39 is 0 Å². The van der Waals surface area contributed by atoms with Crippen molar-refractivity contribution >= 4 is 23.1 Å². The number of rotatable bonds is 7. The monoisotopic (exact) mass is 454 g/mol. The van der Waals surface area contributed by atoms with Gasteiger partial charge in [0.1, 0.15) is 11.6 Å². The van der Waals surface area contributed by atoms with Gasteiger partial charge in [-0.05, 0) is 55.8 Å². The Morgan fingerprint density at radius 2 is 1.91 bits per heavy atom. The van der Waals surface area contributed by atoms with E-state index in [2.05, 4.69) is 25.6 Å². The van der Waals surface area contributed by atoms with Crippen molar-refractivity contribution in [2.45, 2.75) is 19.9 Å². The first-order chi connectivity index (χ1) is 16.4. The van der Waals surface area contributed by atoms with Gasteiger partial charge in [-0.3, -0.25) is 14.8 Å². The van der Waals surface area contributed by atoms with Crippen molar-refractivity contribution in [2.75, 3.05) is 23.5 Å². The SMILES string of the molecule is COc1cc(-c2cncc(N[C@@H](C)c3cccc(NC(=O)c4ccc(C)nc4)c3)n2)ccc1N. The molecule has 2 aromatic carbocycles. The fourth-order valence-electron chi connectivity index (χ4n) is 3.44. The van der Waals surface area contributed by atoms with E-state index in [4.69, 9.17) is 10.5 Å². The number of nitrogen functional groups attached to an aromatic ring is 1. The smallest absolute Gasteiger partial charge is 0.257 e. The van der Waals surface area contributed by atoms with Gasteiger partial charge in [0.25, 0.3) is 5.91 Å². The molecule has 0 radical (unpaired) electrons. The number of nitrogens with zero attached hydrogens (tertiary/aromatic N) is 3. The van der Waals surface area contributed by atoms with Crippen LogP contribution in [-0.4, -0.2) is 28.0 Å². The summed E-state index contributed by atoms with van der Waals surface area (Å²) >= 11 is 0. The van der Waals surface area contributed by atoms with Crippen LogP contribution in [0.3, 0.4) is 0 Å². The minimum atomic E-state index is -0.206. The molecule has 0 saturated heterocycles. The number of hydrogen-bond acceptors (Lipinski definition) is 7. The van der Waals surface area contributed by atoms with E-state index in [1.165, 1.54) is 0 Å². The molecule has 0 saturated carbocycles. The van der Waals surface area contributed by atoms with Gasteiger partial charge in [-0.15, -0.1) is 0 Å². The number of aromatic nitrogens is 3. The number of pyridine rings is 1. The number of carbonyl (C=O) groups is 1. The normalized spacial score (nSPS) is 11.5. The largest absolute Gasteiger partial charge is 0.495 e. The lowest BCUT2D eigenvalue weighted by Gasteiger charge is -2.17. The molecule has 0 spiro atoms. The lowest BCUT2D eigenvalue weighted by Crippen LogP contribution is -2.13. The summed E-state index contributed by atoms with van der Waals surface area (Å²) in [4.78, 5) is 25.7. The molecule has 0 aliphatic heterocycles. The Hall–Kier alpha value is -4.46. The van der Waals surface area contributed by atoms with Crippen LogP contribution in [0.2, 0.25) is 0 Å². The number of methoxy groups -OCH3 is 1. The molecule has 2 heterocycles. The van der Waals surface area contributed by atoms with Gasteiger partial charge in [0, 0.05) is 23.1 Å². The number of amides is 1. The topological polar surface area (TPSA) is 115 Å². The maximum atomic E-state index is 12.5. The Kier molecular flexibility index (Phi) is 6.68. The van der Waals surface area contributed by atoms with E-state index in [1.807, 2.05) is 56.3 Å². The second-order valence-electron chi connectivity index (χ2n) is 7.88. The molecular weight excluding hydrogens is 428 g/mol. The molecule has 4 aromatic rings. The summed E-state index contributed by atoms with van der Waals surface area (Å²) in [7, 11) is 1.58. The molecule has 8 nitrogen and oxygen atoms in total. The number of carbonyl (C=O) groups excluding carboxylic acids is 1. The summed E-state index contributed by atoms with van der Waals surface area (Å²) in [6, 6.07) is 16.7. The summed E-state index contributed by atoms with van der Waals surface area (Å²) in [6.45, 7) is 3.90. The highest BCUT2D eigenvalue weighted by Crippen LogP contribution is 2.28. The van der Waals surface area contributed by atoms with Crippen LogP contribution in [0, 0.1) is 6.92 Å². The highest BCUT2D eigenvalue weighted by molar-refractivity contribution is 6.04. The van der Waals surface area contributed by atoms with Crippen LogP contribution in [-0.2, 0) is 0 Å². The zero-order valence-electron chi connectivity index (χ0n) is 19.2. The van der Waals surface area contributed by atoms with Crippen LogP contribution < -0.4 is 21.1 Å². The maximum absolute atomic E-state index is 12.5. The fraction of sp³-hybridized carbons (Fsp3) is 0.154. The molecule has 0 fully saturated rings. The van der Waals surface area contributed by atoms with Crippen LogP contribution in [0.25, 0.3) is 11.3 Å². The maximum Gasteiger partial charge on any atom is 0.257 e. The summed E-state index contributed by atoms with van der Waals surface area (Å²) in [5.74, 6) is 1.01. The van der Waals surface area contributed by atoms with Gasteiger partial charge in [-0.25, -0.2) is 4.98 Å². The predicted molar refractivity (Wildman–Crippen MR) is 134 cm³/mol. The van der Waals surface area contributed by atoms with Gasteiger partial charge in [-0.1, -0.05) is 18.2 Å². The highest BCUT2D eigenvalue weighted by Gasteiger charge is 2.12. The lowest BCUT2D eigenvalue weighted by atomic mass is 10.1. The van der Waals surface area contributed by atoms with Crippen molar-refractivity contribution in [3.8, 4) is 17.0 Å². The molecule has 0 unspecified atom stereocenters. The van der Waals surface area contributed by atoms with E-state index in [9.17, 15) is 4.79 Å². The third-order valence-electron chi connectivity index (χ3n) is 5.35. The standard InChI is InChI=1S/C26H26N6O2/c1-16-7-8-20(13-29-16)26(33)31-21-6-4-5-18(11-21)17(2)30-25-15-28-14-23(32-25)19-9-10-22(27)24(12-19)34-3/h4-15,17H,27H2,1-3H3,(H,30,32)(H,31,33)/t17-/m0/s1. The van der Waals surface area contributed by atoms with E-state index in [1.54, 1.807) is 37.8 Å². The van der Waals surface area contributed by atoms with E-state index >= 15 is 0 Å². The third kappa shape index (κ3) is 5.29. The third-order valence-corrected chi connectivity index (χ3v) is 5.35. The van der Waals surface area contributed by atoms with Crippen molar-refractivity contribution in [2.24, 2.45) is 0 Å². The molecule has 172 valence electrons. The zero-order valence-corrected chi connectivity index (χ0v) is 19.2. The Bertz CT molecular complexity index is 1310. The van der Waals surface area contributed by atoms with Crippen molar-refractivity contribution in [1.29, 1.82) is 0 Å². The molecule has 4 N–H and O–H groups in total. The molecule has 0 aliphatic rings. The predicted octanol–water partition coefficient (Wildman–Crippen LogP) is 4.86. The number of benzene rings is 2. The van der Waals surface area contributed by atoms with Crippen LogP contribution >= 0.6 is 0 Å². The number of ether oxygens (including phenoxy) is 1. The van der Waals surface area contributed by atoms with Gasteiger partial charge in [0.05, 0.1) is 42.5 Å². The van der Waals surface area contributed by atoms with Crippen molar-refractivity contribution < 1.29 is 9.53 Å². The molecule has 0 aliphatic carbocycles. The zero-order chi connectivity index (χ0) is 24.1.